The third-order valence-electron chi connectivity index (χ3n) is 5.49. The van der Waals surface area contributed by atoms with E-state index in [1.165, 1.54) is 14.1 Å². The van der Waals surface area contributed by atoms with Crippen molar-refractivity contribution in [2.45, 2.75) is 25.4 Å². The molecule has 178 valence electrons. The van der Waals surface area contributed by atoms with Gasteiger partial charge in [-0.15, -0.1) is 0 Å². The number of carbonyl (C=O) groups excluding carboxylic acids is 2. The fourth-order valence-electron chi connectivity index (χ4n) is 3.59. The molecule has 34 heavy (non-hydrogen) atoms. The molecule has 0 aromatic carbocycles. The second-order valence-electron chi connectivity index (χ2n) is 8.44. The van der Waals surface area contributed by atoms with Gasteiger partial charge in [-0.1, -0.05) is 0 Å². The summed E-state index contributed by atoms with van der Waals surface area (Å²) in [7, 11) is 4.54. The lowest BCUT2D eigenvalue weighted by Crippen LogP contribution is -2.33. The second-order valence-corrected chi connectivity index (χ2v) is 9.19. The number of aromatic nitrogens is 4. The van der Waals surface area contributed by atoms with Crippen LogP contribution in [0.25, 0.3) is 11.5 Å². The fourth-order valence-corrected chi connectivity index (χ4v) is 4.16. The van der Waals surface area contributed by atoms with Crippen LogP contribution in [0.4, 0.5) is 29.8 Å². The number of alkyl halides is 3. The molecular formula is C21H20F3N7O2S. The highest BCUT2D eigenvalue weighted by atomic mass is 32.1. The minimum absolute atomic E-state index is 0.0542. The molecule has 1 aliphatic heterocycles. The molecule has 9 nitrogen and oxygen atoms in total. The zero-order valence-corrected chi connectivity index (χ0v) is 19.7. The summed E-state index contributed by atoms with van der Waals surface area (Å²) in [6, 6.07) is 2.50. The van der Waals surface area contributed by atoms with E-state index in [0.29, 0.717) is 17.6 Å². The molecule has 4 heterocycles. The molecule has 0 saturated carbocycles. The van der Waals surface area contributed by atoms with Crippen molar-refractivity contribution in [3.05, 3.63) is 41.2 Å². The molecule has 0 atom stereocenters. The van der Waals surface area contributed by atoms with Crippen LogP contribution < -0.4 is 10.2 Å². The zero-order valence-electron chi connectivity index (χ0n) is 18.9. The summed E-state index contributed by atoms with van der Waals surface area (Å²) >= 11 is 0.935. The average molecular weight is 491 g/mol. The van der Waals surface area contributed by atoms with Crippen molar-refractivity contribution in [3.8, 4) is 11.5 Å². The topological polar surface area (TPSA) is 104 Å². The third kappa shape index (κ3) is 3.95. The average Bonchev–Trinajstić information content (AvgIpc) is 3.30. The van der Waals surface area contributed by atoms with Gasteiger partial charge in [-0.3, -0.25) is 14.6 Å². The lowest BCUT2D eigenvalue weighted by atomic mass is 9.86. The van der Waals surface area contributed by atoms with E-state index in [2.05, 4.69) is 24.6 Å². The van der Waals surface area contributed by atoms with E-state index in [9.17, 15) is 22.8 Å². The lowest BCUT2D eigenvalue weighted by Gasteiger charge is -2.16. The second kappa shape index (κ2) is 8.01. The summed E-state index contributed by atoms with van der Waals surface area (Å²) in [6.07, 6.45) is -2.42. The van der Waals surface area contributed by atoms with E-state index >= 15 is 0 Å². The molecule has 3 aromatic heterocycles. The van der Waals surface area contributed by atoms with Gasteiger partial charge in [-0.05, 0) is 31.5 Å². The van der Waals surface area contributed by atoms with E-state index < -0.39 is 23.1 Å². The van der Waals surface area contributed by atoms with Gasteiger partial charge in [0.25, 0.3) is 5.91 Å². The van der Waals surface area contributed by atoms with Gasteiger partial charge in [0, 0.05) is 38.9 Å². The quantitative estimate of drug-likeness (QED) is 0.593. The van der Waals surface area contributed by atoms with Gasteiger partial charge in [0.2, 0.25) is 11.0 Å². The summed E-state index contributed by atoms with van der Waals surface area (Å²) in [5.74, 6) is -0.520. The summed E-state index contributed by atoms with van der Waals surface area (Å²) in [4.78, 5) is 40.2. The number of amides is 2. The van der Waals surface area contributed by atoms with Crippen LogP contribution in [0.1, 0.15) is 35.3 Å². The van der Waals surface area contributed by atoms with Gasteiger partial charge in [-0.25, -0.2) is 4.98 Å². The minimum atomic E-state index is -4.65. The summed E-state index contributed by atoms with van der Waals surface area (Å²) in [6.45, 7) is 3.64. The van der Waals surface area contributed by atoms with Gasteiger partial charge in [0.15, 0.2) is 5.82 Å². The van der Waals surface area contributed by atoms with E-state index in [1.807, 2.05) is 13.8 Å². The molecule has 1 N–H and O–H groups in total. The standard InChI is InChI=1S/C21H20F3N7O2S/c1-20(2)12-7-13(25-9-14(12)31(5)18(20)33)16-28-19(34-29-16)27-15-11(17(32)30(3)4)6-10(8-26-15)21(22,23)24/h6-9H,1-5H3,(H,26,27,28,29). The van der Waals surface area contributed by atoms with Gasteiger partial charge in [0.1, 0.15) is 11.5 Å². The van der Waals surface area contributed by atoms with E-state index in [0.717, 1.165) is 28.1 Å². The Labute approximate surface area is 196 Å². The van der Waals surface area contributed by atoms with Crippen molar-refractivity contribution in [3.63, 3.8) is 0 Å². The van der Waals surface area contributed by atoms with Crippen LogP contribution in [0.15, 0.2) is 24.5 Å². The SMILES string of the molecule is CN(C)C(=O)c1cc(C(F)(F)F)cnc1Nc1nc(-c2cc3c(cn2)N(C)C(=O)C3(C)C)ns1. The molecule has 0 aliphatic carbocycles. The van der Waals surface area contributed by atoms with Crippen LogP contribution in [0.3, 0.4) is 0 Å². The Bertz CT molecular complexity index is 1300. The highest BCUT2D eigenvalue weighted by Crippen LogP contribution is 2.41. The number of rotatable bonds is 4. The van der Waals surface area contributed by atoms with E-state index in [1.54, 1.807) is 24.2 Å². The van der Waals surface area contributed by atoms with Crippen molar-refractivity contribution in [2.24, 2.45) is 0 Å². The maximum Gasteiger partial charge on any atom is 0.417 e. The highest BCUT2D eigenvalue weighted by molar-refractivity contribution is 7.09. The van der Waals surface area contributed by atoms with Crippen LogP contribution >= 0.6 is 11.5 Å². The maximum absolute atomic E-state index is 13.1. The summed E-state index contributed by atoms with van der Waals surface area (Å²) in [5.41, 5.74) is -0.0964. The van der Waals surface area contributed by atoms with Crippen LogP contribution in [-0.2, 0) is 16.4 Å². The molecule has 1 aliphatic rings. The number of nitrogens with zero attached hydrogens (tertiary/aromatic N) is 6. The molecule has 3 aromatic rings. The van der Waals surface area contributed by atoms with Crippen LogP contribution in [-0.4, -0.2) is 57.2 Å². The molecule has 0 bridgehead atoms. The van der Waals surface area contributed by atoms with Crippen LogP contribution in [0.2, 0.25) is 0 Å². The molecule has 4 rings (SSSR count). The predicted octanol–water partition coefficient (Wildman–Crippen LogP) is 3.71. The number of nitrogens with one attached hydrogen (secondary N) is 1. The van der Waals surface area contributed by atoms with Gasteiger partial charge in [-0.2, -0.15) is 22.5 Å². The first kappa shape index (κ1) is 23.5. The fraction of sp³-hybridized carbons (Fsp3) is 0.333. The molecular weight excluding hydrogens is 471 g/mol. The molecule has 2 amide bonds. The molecule has 0 saturated heterocycles. The summed E-state index contributed by atoms with van der Waals surface area (Å²) < 4.78 is 43.7. The maximum atomic E-state index is 13.1. The summed E-state index contributed by atoms with van der Waals surface area (Å²) in [5, 5.41) is 3.00. The number of anilines is 3. The Morgan fingerprint density at radius 2 is 1.88 bits per heavy atom. The van der Waals surface area contributed by atoms with E-state index in [4.69, 9.17) is 0 Å². The Kier molecular flexibility index (Phi) is 5.55. The Balaban J connectivity index is 1.67. The normalized spacial score (nSPS) is 14.8. The monoisotopic (exact) mass is 491 g/mol. The molecule has 0 spiro atoms. The number of hydrogen-bond donors (Lipinski definition) is 1. The Morgan fingerprint density at radius 1 is 1.18 bits per heavy atom. The number of fused-ring (bicyclic) bond motifs is 1. The first-order valence-electron chi connectivity index (χ1n) is 9.99. The Hall–Kier alpha value is -3.61. The zero-order chi connectivity index (χ0) is 25.0. The Morgan fingerprint density at radius 3 is 2.53 bits per heavy atom. The van der Waals surface area contributed by atoms with Crippen molar-refractivity contribution >= 4 is 40.0 Å². The third-order valence-corrected chi connectivity index (χ3v) is 6.12. The lowest BCUT2D eigenvalue weighted by molar-refractivity contribution is -0.137. The van der Waals surface area contributed by atoms with Gasteiger partial charge in [0.05, 0.1) is 28.4 Å². The molecule has 13 heteroatoms. The van der Waals surface area contributed by atoms with Crippen molar-refractivity contribution in [1.82, 2.24) is 24.2 Å². The van der Waals surface area contributed by atoms with Gasteiger partial charge >= 0.3 is 6.18 Å². The molecule has 0 fully saturated rings. The number of likely N-dealkylation sites (N-methyl/N-ethyl adjacent to an activating group) is 1. The highest BCUT2D eigenvalue weighted by Gasteiger charge is 2.42. The van der Waals surface area contributed by atoms with Crippen LogP contribution in [0, 0.1) is 0 Å². The van der Waals surface area contributed by atoms with Crippen molar-refractivity contribution < 1.29 is 22.8 Å². The van der Waals surface area contributed by atoms with Crippen molar-refractivity contribution in [2.75, 3.05) is 31.4 Å². The minimum Gasteiger partial charge on any atom is -0.345 e. The smallest absolute Gasteiger partial charge is 0.345 e. The van der Waals surface area contributed by atoms with E-state index in [-0.39, 0.29) is 28.2 Å². The van der Waals surface area contributed by atoms with Crippen molar-refractivity contribution in [1.29, 1.82) is 0 Å². The van der Waals surface area contributed by atoms with Gasteiger partial charge < -0.3 is 15.1 Å². The first-order chi connectivity index (χ1) is 15.8. The number of hydrogen-bond acceptors (Lipinski definition) is 8. The number of carbonyl (C=O) groups is 2. The molecule has 0 radical (unpaired) electrons. The first-order valence-corrected chi connectivity index (χ1v) is 10.8. The predicted molar refractivity (Wildman–Crippen MR) is 120 cm³/mol. The molecule has 0 unspecified atom stereocenters. The number of halogens is 3. The van der Waals surface area contributed by atoms with Crippen LogP contribution in [0.5, 0.6) is 0 Å². The largest absolute Gasteiger partial charge is 0.417 e. The number of pyridine rings is 2.